The van der Waals surface area contributed by atoms with Crippen LogP contribution in [0.3, 0.4) is 0 Å². The van der Waals surface area contributed by atoms with Crippen molar-refractivity contribution in [2.24, 2.45) is 11.7 Å². The Labute approximate surface area is 184 Å². The number of H-pyrrole nitrogens is 1. The van der Waals surface area contributed by atoms with Crippen molar-refractivity contribution in [3.8, 4) is 17.5 Å². The maximum atomic E-state index is 13.1. The highest BCUT2D eigenvalue weighted by molar-refractivity contribution is 6.01. The summed E-state index contributed by atoms with van der Waals surface area (Å²) in [6, 6.07) is 8.65. The number of fused-ring (bicyclic) bond motifs is 3. The SMILES string of the molecule is N#C[C@@H]1CC2C[C@@H]2N1C(=O)[C@@H](N)CN1C[C@H]2C[C@@H]1C(=O)N2c1ccc(-c2nn[nH]n2)cc1. The van der Waals surface area contributed by atoms with E-state index in [0.717, 1.165) is 30.5 Å². The van der Waals surface area contributed by atoms with Gasteiger partial charge < -0.3 is 15.5 Å². The molecule has 1 aromatic heterocycles. The molecule has 1 aliphatic carbocycles. The Kier molecular flexibility index (Phi) is 4.28. The highest BCUT2D eigenvalue weighted by Crippen LogP contribution is 2.47. The predicted molar refractivity (Wildman–Crippen MR) is 112 cm³/mol. The monoisotopic (exact) mass is 433 g/mol. The summed E-state index contributed by atoms with van der Waals surface area (Å²) < 4.78 is 0. The Morgan fingerprint density at radius 2 is 2.09 bits per heavy atom. The van der Waals surface area contributed by atoms with Crippen molar-refractivity contribution in [2.45, 2.75) is 49.5 Å². The van der Waals surface area contributed by atoms with E-state index in [2.05, 4.69) is 26.7 Å². The lowest BCUT2D eigenvalue weighted by molar-refractivity contribution is -0.135. The fourth-order valence-electron chi connectivity index (χ4n) is 5.67. The molecule has 2 amide bonds. The third-order valence-corrected chi connectivity index (χ3v) is 7.27. The molecule has 4 aliphatic rings. The number of aromatic nitrogens is 4. The zero-order valence-corrected chi connectivity index (χ0v) is 17.3. The maximum absolute atomic E-state index is 13.1. The first kappa shape index (κ1) is 19.3. The van der Waals surface area contributed by atoms with Gasteiger partial charge in [-0.15, -0.1) is 10.2 Å². The molecule has 6 atom stereocenters. The summed E-state index contributed by atoms with van der Waals surface area (Å²) in [5, 5.41) is 23.3. The van der Waals surface area contributed by atoms with Crippen LogP contribution in [0, 0.1) is 17.2 Å². The molecule has 2 bridgehead atoms. The van der Waals surface area contributed by atoms with Crippen molar-refractivity contribution in [3.63, 3.8) is 0 Å². The number of carbonyl (C=O) groups excluding carboxylic acids is 2. The molecule has 1 aromatic carbocycles. The Morgan fingerprint density at radius 1 is 1.28 bits per heavy atom. The molecule has 1 unspecified atom stereocenters. The zero-order valence-electron chi connectivity index (χ0n) is 17.3. The van der Waals surface area contributed by atoms with Crippen molar-refractivity contribution in [3.05, 3.63) is 24.3 Å². The number of hydrogen-bond acceptors (Lipinski definition) is 8. The van der Waals surface area contributed by atoms with Crippen LogP contribution in [0.4, 0.5) is 5.69 Å². The van der Waals surface area contributed by atoms with Gasteiger partial charge in [0, 0.05) is 30.4 Å². The molecular weight excluding hydrogens is 410 g/mol. The van der Waals surface area contributed by atoms with Gasteiger partial charge in [-0.3, -0.25) is 14.5 Å². The number of carbonyl (C=O) groups is 2. The Hall–Kier alpha value is -3.36. The van der Waals surface area contributed by atoms with Crippen molar-refractivity contribution >= 4 is 17.5 Å². The van der Waals surface area contributed by atoms with E-state index in [9.17, 15) is 14.9 Å². The third-order valence-electron chi connectivity index (χ3n) is 7.27. The summed E-state index contributed by atoms with van der Waals surface area (Å²) >= 11 is 0. The van der Waals surface area contributed by atoms with Crippen LogP contribution >= 0.6 is 0 Å². The van der Waals surface area contributed by atoms with E-state index in [1.807, 2.05) is 34.1 Å². The van der Waals surface area contributed by atoms with Crippen LogP contribution in [0.1, 0.15) is 19.3 Å². The van der Waals surface area contributed by atoms with Crippen molar-refractivity contribution in [1.82, 2.24) is 30.4 Å². The second kappa shape index (κ2) is 7.08. The summed E-state index contributed by atoms with van der Waals surface area (Å²) in [6.45, 7) is 1.01. The van der Waals surface area contributed by atoms with Gasteiger partial charge in [0.25, 0.3) is 0 Å². The van der Waals surface area contributed by atoms with Gasteiger partial charge in [0.2, 0.25) is 17.6 Å². The van der Waals surface area contributed by atoms with Gasteiger partial charge in [-0.25, -0.2) is 0 Å². The number of nitriles is 1. The Bertz CT molecular complexity index is 1100. The number of aromatic amines is 1. The molecule has 3 saturated heterocycles. The Morgan fingerprint density at radius 3 is 2.78 bits per heavy atom. The number of tetrazole rings is 1. The molecule has 164 valence electrons. The van der Waals surface area contributed by atoms with E-state index in [1.165, 1.54) is 0 Å². The minimum atomic E-state index is -0.722. The zero-order chi connectivity index (χ0) is 22.0. The molecule has 3 aliphatic heterocycles. The topological polar surface area (TPSA) is 148 Å². The lowest BCUT2D eigenvalue weighted by atomic mass is 10.1. The number of piperidine rings is 1. The molecule has 4 fully saturated rings. The molecule has 4 heterocycles. The van der Waals surface area contributed by atoms with Crippen LogP contribution in [-0.4, -0.2) is 85.5 Å². The van der Waals surface area contributed by atoms with Gasteiger partial charge in [-0.05, 0) is 54.7 Å². The summed E-state index contributed by atoms with van der Waals surface area (Å²) in [6.07, 6.45) is 2.46. The van der Waals surface area contributed by atoms with Gasteiger partial charge in [0.15, 0.2) is 0 Å². The molecule has 3 N–H and O–H groups in total. The lowest BCUT2D eigenvalue weighted by Crippen LogP contribution is -2.57. The number of rotatable bonds is 5. The van der Waals surface area contributed by atoms with E-state index in [0.29, 0.717) is 24.8 Å². The minimum absolute atomic E-state index is 0.0338. The first-order valence-corrected chi connectivity index (χ1v) is 10.9. The number of nitrogens with two attached hydrogens (primary N) is 1. The number of nitrogens with one attached hydrogen (secondary N) is 1. The molecule has 32 heavy (non-hydrogen) atoms. The van der Waals surface area contributed by atoms with Crippen molar-refractivity contribution < 1.29 is 9.59 Å². The number of amides is 2. The number of likely N-dealkylation sites (tertiary alicyclic amines) is 2. The largest absolute Gasteiger partial charge is 0.322 e. The molecule has 2 aromatic rings. The quantitative estimate of drug-likeness (QED) is 0.641. The fraction of sp³-hybridized carbons (Fsp3) is 0.524. The molecule has 0 radical (unpaired) electrons. The van der Waals surface area contributed by atoms with Crippen LogP contribution in [0.15, 0.2) is 24.3 Å². The van der Waals surface area contributed by atoms with E-state index in [4.69, 9.17) is 5.73 Å². The second-order valence-electron chi connectivity index (χ2n) is 9.15. The van der Waals surface area contributed by atoms with Gasteiger partial charge in [0.1, 0.15) is 6.04 Å². The minimum Gasteiger partial charge on any atom is -0.322 e. The van der Waals surface area contributed by atoms with Crippen LogP contribution < -0.4 is 10.6 Å². The third kappa shape index (κ3) is 2.91. The first-order valence-electron chi connectivity index (χ1n) is 10.9. The van der Waals surface area contributed by atoms with Crippen molar-refractivity contribution in [1.29, 1.82) is 5.26 Å². The average Bonchev–Trinajstić information content (AvgIpc) is 3.25. The number of piperazine rings is 1. The number of benzene rings is 1. The summed E-state index contributed by atoms with van der Waals surface area (Å²) in [7, 11) is 0. The maximum Gasteiger partial charge on any atom is 0.244 e. The fourth-order valence-corrected chi connectivity index (χ4v) is 5.67. The molecule has 0 spiro atoms. The van der Waals surface area contributed by atoms with Crippen LogP contribution in [-0.2, 0) is 9.59 Å². The van der Waals surface area contributed by atoms with Crippen LogP contribution in [0.2, 0.25) is 0 Å². The standard InChI is InChI=1S/C21H23N9O2/c22-8-14-5-12-6-17(12)30(14)20(31)16(23)10-28-9-15-7-18(28)21(32)29(15)13-3-1-11(2-4-13)19-24-26-27-25-19/h1-4,12,14-18H,5-7,9-10,23H2,(H,24,25,26,27)/t12?,14-,15+,16-,17-,18+/m0/s1. The van der Waals surface area contributed by atoms with Gasteiger partial charge in [0.05, 0.1) is 24.2 Å². The summed E-state index contributed by atoms with van der Waals surface area (Å²) in [5.74, 6) is 0.835. The Balaban J connectivity index is 1.11. The normalized spacial score (nSPS) is 31.6. The number of hydrogen-bond donors (Lipinski definition) is 2. The molecule has 11 nitrogen and oxygen atoms in total. The van der Waals surface area contributed by atoms with E-state index in [-0.39, 0.29) is 36.0 Å². The van der Waals surface area contributed by atoms with Gasteiger partial charge in [-0.1, -0.05) is 0 Å². The number of anilines is 1. The highest BCUT2D eigenvalue weighted by atomic mass is 16.2. The lowest BCUT2D eigenvalue weighted by Gasteiger charge is -2.35. The highest BCUT2D eigenvalue weighted by Gasteiger charge is 2.55. The molecule has 6 rings (SSSR count). The van der Waals surface area contributed by atoms with Gasteiger partial charge >= 0.3 is 0 Å². The first-order chi connectivity index (χ1) is 15.5. The van der Waals surface area contributed by atoms with E-state index < -0.39 is 6.04 Å². The number of nitrogens with zero attached hydrogens (tertiary/aromatic N) is 7. The summed E-state index contributed by atoms with van der Waals surface area (Å²) in [4.78, 5) is 31.6. The predicted octanol–water partition coefficient (Wildman–Crippen LogP) is -0.504. The molecular formula is C21H23N9O2. The van der Waals surface area contributed by atoms with E-state index in [1.54, 1.807) is 4.90 Å². The van der Waals surface area contributed by atoms with Crippen molar-refractivity contribution in [2.75, 3.05) is 18.0 Å². The van der Waals surface area contributed by atoms with E-state index >= 15 is 0 Å². The van der Waals surface area contributed by atoms with Crippen LogP contribution in [0.25, 0.3) is 11.4 Å². The molecule has 11 heteroatoms. The smallest absolute Gasteiger partial charge is 0.244 e. The van der Waals surface area contributed by atoms with Crippen LogP contribution in [0.5, 0.6) is 0 Å². The van der Waals surface area contributed by atoms with Gasteiger partial charge in [-0.2, -0.15) is 10.5 Å². The average molecular weight is 433 g/mol. The second-order valence-corrected chi connectivity index (χ2v) is 9.15. The summed E-state index contributed by atoms with van der Waals surface area (Å²) in [5.41, 5.74) is 7.93. The molecule has 1 saturated carbocycles.